The molecule has 0 aliphatic heterocycles. The van der Waals surface area contributed by atoms with Gasteiger partial charge in [0.15, 0.2) is 0 Å². The van der Waals surface area contributed by atoms with Crippen LogP contribution in [0.15, 0.2) is 11.6 Å². The lowest BCUT2D eigenvalue weighted by Crippen LogP contribution is -2.50. The molecular formula is C17H28O2. The van der Waals surface area contributed by atoms with Crippen LogP contribution in [0.4, 0.5) is 0 Å². The first-order valence-electron chi connectivity index (χ1n) is 7.58. The second kappa shape index (κ2) is 4.96. The third kappa shape index (κ3) is 2.73. The second-order valence-electron chi connectivity index (χ2n) is 7.46. The molecule has 0 amide bonds. The Morgan fingerprint density at radius 2 is 2.00 bits per heavy atom. The van der Waals surface area contributed by atoms with Crippen LogP contribution in [0.2, 0.25) is 0 Å². The fourth-order valence-electron chi connectivity index (χ4n) is 4.39. The lowest BCUT2D eigenvalue weighted by Gasteiger charge is -2.53. The Morgan fingerprint density at radius 1 is 1.32 bits per heavy atom. The molecule has 0 N–H and O–H groups in total. The monoisotopic (exact) mass is 264 g/mol. The van der Waals surface area contributed by atoms with Crippen molar-refractivity contribution in [1.82, 2.24) is 0 Å². The molecule has 0 aromatic rings. The molecule has 0 radical (unpaired) electrons. The highest BCUT2D eigenvalue weighted by Crippen LogP contribution is 2.57. The van der Waals surface area contributed by atoms with Gasteiger partial charge in [-0.2, -0.15) is 0 Å². The van der Waals surface area contributed by atoms with Gasteiger partial charge in [0, 0.05) is 12.3 Å². The van der Waals surface area contributed by atoms with Crippen LogP contribution in [0.1, 0.15) is 66.7 Å². The van der Waals surface area contributed by atoms with E-state index in [0.717, 1.165) is 6.42 Å². The van der Waals surface area contributed by atoms with Gasteiger partial charge in [-0.1, -0.05) is 32.4 Å². The number of hydrogen-bond acceptors (Lipinski definition) is 2. The summed E-state index contributed by atoms with van der Waals surface area (Å²) in [4.78, 5) is 11.3. The Labute approximate surface area is 117 Å². The molecule has 0 aromatic heterocycles. The smallest absolute Gasteiger partial charge is 0.302 e. The Kier molecular flexibility index (Phi) is 3.81. The molecule has 2 aliphatic rings. The molecule has 0 unspecified atom stereocenters. The quantitative estimate of drug-likeness (QED) is 0.515. The molecule has 0 spiro atoms. The fourth-order valence-corrected chi connectivity index (χ4v) is 4.39. The van der Waals surface area contributed by atoms with Gasteiger partial charge in [0.1, 0.15) is 6.10 Å². The predicted molar refractivity (Wildman–Crippen MR) is 77.8 cm³/mol. The summed E-state index contributed by atoms with van der Waals surface area (Å²) in [6.07, 6.45) is 8.29. The van der Waals surface area contributed by atoms with E-state index < -0.39 is 0 Å². The van der Waals surface area contributed by atoms with Gasteiger partial charge in [-0.3, -0.25) is 4.79 Å². The first kappa shape index (κ1) is 14.6. The first-order chi connectivity index (χ1) is 8.75. The van der Waals surface area contributed by atoms with E-state index in [-0.39, 0.29) is 17.5 Å². The van der Waals surface area contributed by atoms with Crippen molar-refractivity contribution in [2.24, 2.45) is 16.7 Å². The molecule has 1 fully saturated rings. The molecule has 2 heteroatoms. The highest BCUT2D eigenvalue weighted by atomic mass is 16.5. The average Bonchev–Trinajstić information content (AvgIpc) is 2.44. The van der Waals surface area contributed by atoms with E-state index in [4.69, 9.17) is 4.74 Å². The number of rotatable bonds is 1. The van der Waals surface area contributed by atoms with Crippen LogP contribution >= 0.6 is 0 Å². The van der Waals surface area contributed by atoms with E-state index in [1.807, 2.05) is 0 Å². The van der Waals surface area contributed by atoms with Crippen molar-refractivity contribution in [3.05, 3.63) is 11.6 Å². The zero-order valence-electron chi connectivity index (χ0n) is 13.1. The summed E-state index contributed by atoms with van der Waals surface area (Å²) in [6, 6.07) is 0. The standard InChI is InChI=1S/C17H28O2/c1-12-6-7-14-16(3,4)15(19-13(2)18)9-11-17(14,5)10-8-12/h8,14-15H,6-7,9-11H2,1-5H3/t14-,15-,17-/m0/s1. The number of hydrogen-bond donors (Lipinski definition) is 0. The number of allylic oxidation sites excluding steroid dienone is 2. The van der Waals surface area contributed by atoms with Gasteiger partial charge >= 0.3 is 5.97 Å². The van der Waals surface area contributed by atoms with Crippen LogP contribution in [-0.2, 0) is 9.53 Å². The minimum Gasteiger partial charge on any atom is -0.462 e. The number of fused-ring (bicyclic) bond motifs is 1. The molecular weight excluding hydrogens is 236 g/mol. The highest BCUT2D eigenvalue weighted by molar-refractivity contribution is 5.66. The molecule has 2 nitrogen and oxygen atoms in total. The molecule has 0 aromatic carbocycles. The maximum absolute atomic E-state index is 11.3. The van der Waals surface area contributed by atoms with Crippen molar-refractivity contribution in [2.75, 3.05) is 0 Å². The van der Waals surface area contributed by atoms with Gasteiger partial charge in [0.2, 0.25) is 0 Å². The lowest BCUT2D eigenvalue weighted by molar-refractivity contribution is -0.167. The molecule has 0 bridgehead atoms. The maximum Gasteiger partial charge on any atom is 0.302 e. The number of carbonyl (C=O) groups is 1. The van der Waals surface area contributed by atoms with Crippen LogP contribution in [0.25, 0.3) is 0 Å². The van der Waals surface area contributed by atoms with Crippen molar-refractivity contribution in [2.45, 2.75) is 72.8 Å². The maximum atomic E-state index is 11.3. The summed E-state index contributed by atoms with van der Waals surface area (Å²) in [6.45, 7) is 10.8. The van der Waals surface area contributed by atoms with Crippen LogP contribution in [0.3, 0.4) is 0 Å². The van der Waals surface area contributed by atoms with E-state index >= 15 is 0 Å². The Hall–Kier alpha value is -0.790. The van der Waals surface area contributed by atoms with Crippen LogP contribution in [-0.4, -0.2) is 12.1 Å². The highest BCUT2D eigenvalue weighted by Gasteiger charge is 2.52. The van der Waals surface area contributed by atoms with Gasteiger partial charge in [-0.05, 0) is 50.4 Å². The van der Waals surface area contributed by atoms with Crippen LogP contribution < -0.4 is 0 Å². The van der Waals surface area contributed by atoms with Gasteiger partial charge in [-0.25, -0.2) is 0 Å². The van der Waals surface area contributed by atoms with E-state index in [0.29, 0.717) is 11.3 Å². The fraction of sp³-hybridized carbons (Fsp3) is 0.824. The van der Waals surface area contributed by atoms with Gasteiger partial charge < -0.3 is 4.74 Å². The number of carbonyl (C=O) groups excluding carboxylic acids is 1. The molecule has 19 heavy (non-hydrogen) atoms. The van der Waals surface area contributed by atoms with E-state index in [1.54, 1.807) is 0 Å². The van der Waals surface area contributed by atoms with Crippen LogP contribution in [0, 0.1) is 16.7 Å². The third-order valence-corrected chi connectivity index (χ3v) is 5.60. The molecule has 1 saturated carbocycles. The minimum absolute atomic E-state index is 0.0805. The van der Waals surface area contributed by atoms with E-state index in [1.165, 1.54) is 38.2 Å². The largest absolute Gasteiger partial charge is 0.462 e. The Balaban J connectivity index is 2.25. The summed E-state index contributed by atoms with van der Waals surface area (Å²) in [5, 5.41) is 0. The number of esters is 1. The zero-order valence-corrected chi connectivity index (χ0v) is 13.1. The molecule has 0 saturated heterocycles. The second-order valence-corrected chi connectivity index (χ2v) is 7.46. The summed E-state index contributed by atoms with van der Waals surface area (Å²) >= 11 is 0. The summed E-state index contributed by atoms with van der Waals surface area (Å²) < 4.78 is 5.61. The van der Waals surface area contributed by atoms with Gasteiger partial charge in [0.05, 0.1) is 0 Å². The molecule has 0 heterocycles. The molecule has 3 atom stereocenters. The first-order valence-corrected chi connectivity index (χ1v) is 7.58. The van der Waals surface area contributed by atoms with Crippen molar-refractivity contribution < 1.29 is 9.53 Å². The summed E-state index contributed by atoms with van der Waals surface area (Å²) in [5.41, 5.74) is 1.98. The molecule has 108 valence electrons. The third-order valence-electron chi connectivity index (χ3n) is 5.60. The van der Waals surface area contributed by atoms with E-state index in [2.05, 4.69) is 33.8 Å². The topological polar surface area (TPSA) is 26.3 Å². The van der Waals surface area contributed by atoms with Crippen molar-refractivity contribution in [1.29, 1.82) is 0 Å². The van der Waals surface area contributed by atoms with Gasteiger partial charge in [-0.15, -0.1) is 0 Å². The molecule has 2 aliphatic carbocycles. The van der Waals surface area contributed by atoms with E-state index in [9.17, 15) is 4.79 Å². The Morgan fingerprint density at radius 3 is 2.63 bits per heavy atom. The summed E-state index contributed by atoms with van der Waals surface area (Å²) in [5.74, 6) is 0.497. The summed E-state index contributed by atoms with van der Waals surface area (Å²) in [7, 11) is 0. The lowest BCUT2D eigenvalue weighted by atomic mass is 9.53. The van der Waals surface area contributed by atoms with Gasteiger partial charge in [0.25, 0.3) is 0 Å². The number of ether oxygens (including phenoxy) is 1. The molecule has 2 rings (SSSR count). The minimum atomic E-state index is -0.135. The Bertz CT molecular complexity index is 394. The predicted octanol–water partition coefficient (Wildman–Crippen LogP) is 4.49. The average molecular weight is 264 g/mol. The van der Waals surface area contributed by atoms with Crippen LogP contribution in [0.5, 0.6) is 0 Å². The van der Waals surface area contributed by atoms with Crippen molar-refractivity contribution >= 4 is 5.97 Å². The van der Waals surface area contributed by atoms with Crippen molar-refractivity contribution in [3.8, 4) is 0 Å². The normalized spacial score (nSPS) is 37.8. The SMILES string of the molecule is CC(=O)O[C@H]1CC[C@]2(C)CC=C(C)CC[C@H]2C1(C)C. The zero-order chi connectivity index (χ0) is 14.3. The van der Waals surface area contributed by atoms with Crippen molar-refractivity contribution in [3.63, 3.8) is 0 Å².